The van der Waals surface area contributed by atoms with Gasteiger partial charge in [-0.1, -0.05) is 116 Å². The third-order valence-electron chi connectivity index (χ3n) is 6.93. The number of nitrogens with one attached hydrogen (secondary N) is 1. The minimum absolute atomic E-state index is 0.292. The molecule has 0 radical (unpaired) electrons. The molecular formula is C31H63NO2. The zero-order valence-electron chi connectivity index (χ0n) is 24.3. The Balaban J connectivity index is 3.82. The van der Waals surface area contributed by atoms with Gasteiger partial charge in [0.1, 0.15) is 0 Å². The monoisotopic (exact) mass is 481 g/mol. The highest BCUT2D eigenvalue weighted by Crippen LogP contribution is 2.28. The van der Waals surface area contributed by atoms with Crippen molar-refractivity contribution < 1.29 is 9.57 Å². The minimum Gasteiger partial charge on any atom is -0.348 e. The van der Waals surface area contributed by atoms with Gasteiger partial charge in [0.15, 0.2) is 5.79 Å². The van der Waals surface area contributed by atoms with Crippen LogP contribution in [0, 0.1) is 5.92 Å². The lowest BCUT2D eigenvalue weighted by atomic mass is 9.95. The fourth-order valence-electron chi connectivity index (χ4n) is 4.27. The lowest BCUT2D eigenvalue weighted by Crippen LogP contribution is -2.45. The number of unbranched alkanes of at least 4 members (excludes halogenated alkanes) is 15. The van der Waals surface area contributed by atoms with Crippen molar-refractivity contribution >= 4 is 0 Å². The van der Waals surface area contributed by atoms with Crippen LogP contribution in [0.2, 0.25) is 0 Å². The molecule has 0 aliphatic rings. The van der Waals surface area contributed by atoms with Crippen molar-refractivity contribution in [1.29, 1.82) is 0 Å². The summed E-state index contributed by atoms with van der Waals surface area (Å²) in [7, 11) is 0. The number of rotatable bonds is 26. The number of hydrogen-bond donors (Lipinski definition) is 1. The summed E-state index contributed by atoms with van der Waals surface area (Å²) in [6, 6.07) is 0.292. The maximum atomic E-state index is 6.32. The molecule has 0 fully saturated rings. The van der Waals surface area contributed by atoms with Crippen LogP contribution in [0.1, 0.15) is 164 Å². The molecule has 2 atom stereocenters. The van der Waals surface area contributed by atoms with E-state index in [9.17, 15) is 0 Å². The van der Waals surface area contributed by atoms with Gasteiger partial charge < -0.3 is 4.74 Å². The second-order valence-corrected chi connectivity index (χ2v) is 10.9. The summed E-state index contributed by atoms with van der Waals surface area (Å²) in [5.74, 6) is -0.164. The molecular weight excluding hydrogens is 418 g/mol. The van der Waals surface area contributed by atoms with E-state index in [0.29, 0.717) is 12.0 Å². The molecule has 0 aliphatic carbocycles. The van der Waals surface area contributed by atoms with E-state index in [0.717, 1.165) is 19.4 Å². The molecule has 0 saturated heterocycles. The van der Waals surface area contributed by atoms with Crippen molar-refractivity contribution in [2.45, 2.75) is 175 Å². The van der Waals surface area contributed by atoms with Crippen molar-refractivity contribution in [2.75, 3.05) is 6.61 Å². The molecule has 1 N–H and O–H groups in total. The molecule has 3 nitrogen and oxygen atoms in total. The molecule has 0 aromatic carbocycles. The third kappa shape index (κ3) is 20.9. The summed E-state index contributed by atoms with van der Waals surface area (Å²) in [5.41, 5.74) is 3.14. The number of allylic oxidation sites excluding steroid dienone is 2. The van der Waals surface area contributed by atoms with Gasteiger partial charge in [0.05, 0.1) is 6.61 Å². The second kappa shape index (κ2) is 24.3. The first kappa shape index (κ1) is 33.6. The van der Waals surface area contributed by atoms with Crippen LogP contribution >= 0.6 is 0 Å². The van der Waals surface area contributed by atoms with Gasteiger partial charge in [-0.3, -0.25) is 4.84 Å². The summed E-state index contributed by atoms with van der Waals surface area (Å²) < 4.78 is 6.32. The van der Waals surface area contributed by atoms with Crippen molar-refractivity contribution in [2.24, 2.45) is 5.92 Å². The van der Waals surface area contributed by atoms with Crippen LogP contribution in [0.4, 0.5) is 0 Å². The highest BCUT2D eigenvalue weighted by Gasteiger charge is 2.33. The molecule has 0 aromatic heterocycles. The van der Waals surface area contributed by atoms with E-state index in [1.54, 1.807) is 0 Å². The predicted molar refractivity (Wildman–Crippen MR) is 151 cm³/mol. The Kier molecular flexibility index (Phi) is 24.0. The Morgan fingerprint density at radius 1 is 0.647 bits per heavy atom. The predicted octanol–water partition coefficient (Wildman–Crippen LogP) is 10.3. The highest BCUT2D eigenvalue weighted by atomic mass is 16.8. The standard InChI is InChI=1S/C31H63NO2/c1-7-9-11-13-14-15-16-17-18-19-20-21-22-23-24-26-28-33-31(6,34-32-29(3)4)30(5)27-25-12-10-8-2/h17-18,29-30,32H,7-16,19-28H2,1-6H3/b18-17-. The zero-order valence-corrected chi connectivity index (χ0v) is 24.3. The fourth-order valence-corrected chi connectivity index (χ4v) is 4.27. The summed E-state index contributed by atoms with van der Waals surface area (Å²) in [6.07, 6.45) is 29.8. The van der Waals surface area contributed by atoms with Crippen molar-refractivity contribution in [1.82, 2.24) is 5.48 Å². The van der Waals surface area contributed by atoms with Gasteiger partial charge in [0.2, 0.25) is 0 Å². The van der Waals surface area contributed by atoms with E-state index in [2.05, 4.69) is 59.2 Å². The van der Waals surface area contributed by atoms with E-state index >= 15 is 0 Å². The smallest absolute Gasteiger partial charge is 0.187 e. The van der Waals surface area contributed by atoms with E-state index in [-0.39, 0.29) is 0 Å². The maximum absolute atomic E-state index is 6.32. The lowest BCUT2D eigenvalue weighted by Gasteiger charge is -2.36. The Hall–Kier alpha value is -0.380. The van der Waals surface area contributed by atoms with Gasteiger partial charge in [-0.2, -0.15) is 5.48 Å². The first-order chi connectivity index (χ1) is 16.5. The van der Waals surface area contributed by atoms with Crippen molar-refractivity contribution in [3.63, 3.8) is 0 Å². The molecule has 204 valence electrons. The number of hydroxylamine groups is 1. The lowest BCUT2D eigenvalue weighted by molar-refractivity contribution is -0.287. The van der Waals surface area contributed by atoms with Crippen LogP contribution in [-0.2, 0) is 9.57 Å². The van der Waals surface area contributed by atoms with Crippen LogP contribution in [0.3, 0.4) is 0 Å². The molecule has 0 spiro atoms. The van der Waals surface area contributed by atoms with Gasteiger partial charge in [-0.05, 0) is 59.3 Å². The SMILES string of the molecule is CCCCCCCC/C=C\CCCCCCCCOC(C)(ONC(C)C)C(C)CCCCCC. The first-order valence-corrected chi connectivity index (χ1v) is 15.2. The molecule has 2 unspecified atom stereocenters. The van der Waals surface area contributed by atoms with Crippen LogP contribution in [-0.4, -0.2) is 18.4 Å². The fraction of sp³-hybridized carbons (Fsp3) is 0.935. The van der Waals surface area contributed by atoms with Crippen molar-refractivity contribution in [3.8, 4) is 0 Å². The van der Waals surface area contributed by atoms with Crippen molar-refractivity contribution in [3.05, 3.63) is 12.2 Å². The Morgan fingerprint density at radius 3 is 1.65 bits per heavy atom. The van der Waals surface area contributed by atoms with E-state index in [4.69, 9.17) is 9.57 Å². The normalized spacial score (nSPS) is 14.8. The van der Waals surface area contributed by atoms with Gasteiger partial charge in [-0.25, -0.2) is 0 Å². The topological polar surface area (TPSA) is 30.5 Å². The quantitative estimate of drug-likeness (QED) is 0.0576. The van der Waals surface area contributed by atoms with E-state index < -0.39 is 5.79 Å². The van der Waals surface area contributed by atoms with Crippen LogP contribution in [0.5, 0.6) is 0 Å². The third-order valence-corrected chi connectivity index (χ3v) is 6.93. The summed E-state index contributed by atoms with van der Waals surface area (Å²) in [4.78, 5) is 6.06. The molecule has 3 heteroatoms. The largest absolute Gasteiger partial charge is 0.348 e. The van der Waals surface area contributed by atoms with Gasteiger partial charge in [-0.15, -0.1) is 0 Å². The average molecular weight is 482 g/mol. The van der Waals surface area contributed by atoms with Gasteiger partial charge >= 0.3 is 0 Å². The van der Waals surface area contributed by atoms with Crippen LogP contribution in [0.15, 0.2) is 12.2 Å². The van der Waals surface area contributed by atoms with E-state index in [1.807, 2.05) is 0 Å². The van der Waals surface area contributed by atoms with E-state index in [1.165, 1.54) is 109 Å². The molecule has 0 amide bonds. The minimum atomic E-state index is -0.543. The second-order valence-electron chi connectivity index (χ2n) is 10.9. The molecule has 0 heterocycles. The maximum Gasteiger partial charge on any atom is 0.187 e. The molecule has 0 rings (SSSR count). The van der Waals surface area contributed by atoms with Crippen LogP contribution < -0.4 is 5.48 Å². The summed E-state index contributed by atoms with van der Waals surface area (Å²) in [6.45, 7) is 13.9. The highest BCUT2D eigenvalue weighted by molar-refractivity contribution is 4.81. The summed E-state index contributed by atoms with van der Waals surface area (Å²) >= 11 is 0. The molecule has 0 aromatic rings. The molecule has 0 saturated carbocycles. The Morgan fingerprint density at radius 2 is 1.12 bits per heavy atom. The molecule has 34 heavy (non-hydrogen) atoms. The van der Waals surface area contributed by atoms with Crippen LogP contribution in [0.25, 0.3) is 0 Å². The summed E-state index contributed by atoms with van der Waals surface area (Å²) in [5, 5.41) is 0. The Bertz CT molecular complexity index is 437. The zero-order chi connectivity index (χ0) is 25.3. The molecule has 0 bridgehead atoms. The Labute approximate surface area is 215 Å². The van der Waals surface area contributed by atoms with Gasteiger partial charge in [0, 0.05) is 12.0 Å². The first-order valence-electron chi connectivity index (χ1n) is 15.2. The molecule has 0 aliphatic heterocycles. The average Bonchev–Trinajstić information content (AvgIpc) is 2.82. The van der Waals surface area contributed by atoms with Gasteiger partial charge in [0.25, 0.3) is 0 Å². The number of ether oxygens (including phenoxy) is 1. The number of hydrogen-bond acceptors (Lipinski definition) is 3.